The summed E-state index contributed by atoms with van der Waals surface area (Å²) in [7, 11) is 0. The number of hydrogen-bond acceptors (Lipinski definition) is 5. The van der Waals surface area contributed by atoms with E-state index in [1.54, 1.807) is 0 Å². The van der Waals surface area contributed by atoms with Crippen LogP contribution in [0.25, 0.3) is 0 Å². The van der Waals surface area contributed by atoms with Crippen LogP contribution in [0.1, 0.15) is 23.9 Å². The molecule has 22 heavy (non-hydrogen) atoms. The van der Waals surface area contributed by atoms with Crippen molar-refractivity contribution >= 4 is 0 Å². The number of aliphatic hydroxyl groups excluding tert-OH is 1. The van der Waals surface area contributed by atoms with E-state index >= 15 is 0 Å². The minimum atomic E-state index is 0.198. The summed E-state index contributed by atoms with van der Waals surface area (Å²) in [6.07, 6.45) is 0. The van der Waals surface area contributed by atoms with Gasteiger partial charge in [0.15, 0.2) is 0 Å². The Hall–Kier alpha value is -0.950. The van der Waals surface area contributed by atoms with Crippen molar-refractivity contribution in [3.63, 3.8) is 0 Å². The summed E-state index contributed by atoms with van der Waals surface area (Å²) in [6.45, 7) is 14.7. The number of morpholine rings is 1. The first-order chi connectivity index (χ1) is 10.7. The highest BCUT2D eigenvalue weighted by atomic mass is 16.5. The maximum absolute atomic E-state index is 9.35. The van der Waals surface area contributed by atoms with Gasteiger partial charge >= 0.3 is 0 Å². The quantitative estimate of drug-likeness (QED) is 0.764. The monoisotopic (exact) mass is 310 g/mol. The Morgan fingerprint density at radius 2 is 1.95 bits per heavy atom. The lowest BCUT2D eigenvalue weighted by Crippen LogP contribution is -2.42. The lowest BCUT2D eigenvalue weighted by Gasteiger charge is -2.29. The van der Waals surface area contributed by atoms with E-state index < -0.39 is 0 Å². The molecule has 0 radical (unpaired) electrons. The molecule has 1 aliphatic heterocycles. The fourth-order valence-electron chi connectivity index (χ4n) is 3.01. The number of hydrogen-bond donors (Lipinski definition) is 1. The largest absolute Gasteiger partial charge is 0.395 e. The number of aliphatic hydroxyl groups is 1. The van der Waals surface area contributed by atoms with Gasteiger partial charge in [0.25, 0.3) is 0 Å². The Balaban J connectivity index is 1.94. The third-order valence-electron chi connectivity index (χ3n) is 4.46. The number of aromatic nitrogens is 2. The van der Waals surface area contributed by atoms with Crippen molar-refractivity contribution in [2.45, 2.75) is 33.9 Å². The Kier molecular flexibility index (Phi) is 6.82. The maximum Gasteiger partial charge on any atom is 0.0641 e. The average Bonchev–Trinajstić information content (AvgIpc) is 2.81. The van der Waals surface area contributed by atoms with E-state index in [4.69, 9.17) is 4.74 Å². The third kappa shape index (κ3) is 4.52. The molecule has 1 aromatic rings. The molecule has 0 amide bonds. The van der Waals surface area contributed by atoms with Gasteiger partial charge in [0.1, 0.15) is 0 Å². The number of ether oxygens (including phenoxy) is 1. The molecule has 0 bridgehead atoms. The van der Waals surface area contributed by atoms with E-state index in [-0.39, 0.29) is 6.61 Å². The summed E-state index contributed by atoms with van der Waals surface area (Å²) in [5.74, 6) is 0. The Bertz CT molecular complexity index is 455. The van der Waals surface area contributed by atoms with Crippen molar-refractivity contribution < 1.29 is 9.84 Å². The second-order valence-electron chi connectivity index (χ2n) is 5.92. The molecule has 1 fully saturated rings. The Morgan fingerprint density at radius 3 is 2.55 bits per heavy atom. The lowest BCUT2D eigenvalue weighted by atomic mass is 10.2. The molecular formula is C16H30N4O2. The highest BCUT2D eigenvalue weighted by Crippen LogP contribution is 2.15. The zero-order valence-electron chi connectivity index (χ0n) is 14.2. The minimum absolute atomic E-state index is 0.198. The zero-order chi connectivity index (χ0) is 15.9. The van der Waals surface area contributed by atoms with E-state index in [0.29, 0.717) is 6.54 Å². The standard InChI is InChI=1S/C16H30N4O2/c1-4-20-15(3)16(14(2)17-20)13-19(7-10-21)6-5-18-8-11-22-12-9-18/h21H,4-13H2,1-3H3. The van der Waals surface area contributed by atoms with Crippen LogP contribution >= 0.6 is 0 Å². The average molecular weight is 310 g/mol. The van der Waals surface area contributed by atoms with Gasteiger partial charge in [-0.15, -0.1) is 0 Å². The van der Waals surface area contributed by atoms with Crippen LogP contribution in [0.3, 0.4) is 0 Å². The van der Waals surface area contributed by atoms with E-state index in [1.807, 2.05) is 0 Å². The summed E-state index contributed by atoms with van der Waals surface area (Å²) in [5.41, 5.74) is 3.65. The van der Waals surface area contributed by atoms with Gasteiger partial charge in [-0.25, -0.2) is 0 Å². The minimum Gasteiger partial charge on any atom is -0.395 e. The number of aryl methyl sites for hydroxylation is 2. The van der Waals surface area contributed by atoms with Gasteiger partial charge in [0, 0.05) is 57.1 Å². The highest BCUT2D eigenvalue weighted by molar-refractivity contribution is 5.24. The van der Waals surface area contributed by atoms with Crippen LogP contribution in [0.2, 0.25) is 0 Å². The molecule has 0 aromatic carbocycles. The van der Waals surface area contributed by atoms with Crippen molar-refractivity contribution in [1.82, 2.24) is 19.6 Å². The molecule has 2 heterocycles. The fourth-order valence-corrected chi connectivity index (χ4v) is 3.01. The van der Waals surface area contributed by atoms with Crippen LogP contribution < -0.4 is 0 Å². The molecule has 6 heteroatoms. The van der Waals surface area contributed by atoms with Gasteiger partial charge < -0.3 is 9.84 Å². The van der Waals surface area contributed by atoms with E-state index in [2.05, 4.69) is 40.4 Å². The summed E-state index contributed by atoms with van der Waals surface area (Å²) in [5, 5.41) is 13.9. The van der Waals surface area contributed by atoms with Gasteiger partial charge in [-0.1, -0.05) is 0 Å². The smallest absolute Gasteiger partial charge is 0.0641 e. The maximum atomic E-state index is 9.35. The second-order valence-corrected chi connectivity index (χ2v) is 5.92. The molecule has 0 saturated carbocycles. The molecule has 1 aromatic heterocycles. The zero-order valence-corrected chi connectivity index (χ0v) is 14.2. The molecule has 6 nitrogen and oxygen atoms in total. The first-order valence-electron chi connectivity index (χ1n) is 8.32. The number of nitrogens with zero attached hydrogens (tertiary/aromatic N) is 4. The first-order valence-corrected chi connectivity index (χ1v) is 8.32. The molecule has 1 saturated heterocycles. The first kappa shape index (κ1) is 17.4. The van der Waals surface area contributed by atoms with Gasteiger partial charge in [0.05, 0.1) is 25.5 Å². The highest BCUT2D eigenvalue weighted by Gasteiger charge is 2.16. The van der Waals surface area contributed by atoms with E-state index in [1.165, 1.54) is 11.3 Å². The molecule has 0 spiro atoms. The van der Waals surface area contributed by atoms with Crippen molar-refractivity contribution in [2.24, 2.45) is 0 Å². The van der Waals surface area contributed by atoms with Crippen LogP contribution in [0.5, 0.6) is 0 Å². The van der Waals surface area contributed by atoms with Crippen molar-refractivity contribution in [3.8, 4) is 0 Å². The SMILES string of the molecule is CCn1nc(C)c(CN(CCO)CCN2CCOCC2)c1C. The van der Waals surface area contributed by atoms with Crippen LogP contribution in [0.4, 0.5) is 0 Å². The molecule has 0 unspecified atom stereocenters. The third-order valence-corrected chi connectivity index (χ3v) is 4.46. The molecule has 126 valence electrons. The van der Waals surface area contributed by atoms with E-state index in [9.17, 15) is 5.11 Å². The molecule has 0 atom stereocenters. The van der Waals surface area contributed by atoms with Crippen LogP contribution in [-0.4, -0.2) is 77.2 Å². The van der Waals surface area contributed by atoms with Gasteiger partial charge in [-0.3, -0.25) is 14.5 Å². The van der Waals surface area contributed by atoms with Crippen molar-refractivity contribution in [2.75, 3.05) is 52.5 Å². The molecule has 2 rings (SSSR count). The molecule has 1 N–H and O–H groups in total. The second kappa shape index (κ2) is 8.62. The lowest BCUT2D eigenvalue weighted by molar-refractivity contribution is 0.0320. The van der Waals surface area contributed by atoms with Gasteiger partial charge in [-0.2, -0.15) is 5.10 Å². The van der Waals surface area contributed by atoms with E-state index in [0.717, 1.165) is 58.2 Å². The topological polar surface area (TPSA) is 53.8 Å². The summed E-state index contributed by atoms with van der Waals surface area (Å²) in [4.78, 5) is 4.76. The predicted molar refractivity (Wildman–Crippen MR) is 87.0 cm³/mol. The molecule has 1 aliphatic rings. The number of rotatable bonds is 8. The summed E-state index contributed by atoms with van der Waals surface area (Å²) in [6, 6.07) is 0. The van der Waals surface area contributed by atoms with Crippen molar-refractivity contribution in [3.05, 3.63) is 17.0 Å². The fraction of sp³-hybridized carbons (Fsp3) is 0.812. The molecule has 0 aliphatic carbocycles. The Labute approximate surface area is 133 Å². The normalized spacial score (nSPS) is 16.6. The van der Waals surface area contributed by atoms with Crippen LogP contribution in [0.15, 0.2) is 0 Å². The van der Waals surface area contributed by atoms with Gasteiger partial charge in [-0.05, 0) is 20.8 Å². The Morgan fingerprint density at radius 1 is 1.23 bits per heavy atom. The summed E-state index contributed by atoms with van der Waals surface area (Å²) < 4.78 is 7.45. The summed E-state index contributed by atoms with van der Waals surface area (Å²) >= 11 is 0. The van der Waals surface area contributed by atoms with Crippen LogP contribution in [-0.2, 0) is 17.8 Å². The van der Waals surface area contributed by atoms with Crippen LogP contribution in [0, 0.1) is 13.8 Å². The van der Waals surface area contributed by atoms with Crippen molar-refractivity contribution in [1.29, 1.82) is 0 Å². The molecular weight excluding hydrogens is 280 g/mol. The predicted octanol–water partition coefficient (Wildman–Crippen LogP) is 0.646. The van der Waals surface area contributed by atoms with Gasteiger partial charge in [0.2, 0.25) is 0 Å².